The molecule has 1 aromatic heterocycles. The topological polar surface area (TPSA) is 85.0 Å². The third-order valence-electron chi connectivity index (χ3n) is 5.37. The lowest BCUT2D eigenvalue weighted by molar-refractivity contribution is -0.910. The number of Topliss-reactive ketones (excluding diaryl/α,β-unsaturated/α-hetero) is 1. The predicted octanol–water partition coefficient (Wildman–Crippen LogP) is 2.05. The van der Waals surface area contributed by atoms with Gasteiger partial charge in [-0.3, -0.25) is 4.79 Å². The highest BCUT2D eigenvalue weighted by atomic mass is 32.1. The van der Waals surface area contributed by atoms with Crippen LogP contribution in [0.3, 0.4) is 0 Å². The van der Waals surface area contributed by atoms with Crippen molar-refractivity contribution in [2.45, 2.75) is 26.4 Å². The molecule has 0 amide bonds. The Bertz CT molecular complexity index is 1010. The number of carbonyl (C=O) groups excluding carboxylic acids is 1. The van der Waals surface area contributed by atoms with E-state index in [-0.39, 0.29) is 18.7 Å². The van der Waals surface area contributed by atoms with Crippen LogP contribution in [0.25, 0.3) is 0 Å². The van der Waals surface area contributed by atoms with Crippen molar-refractivity contribution >= 4 is 22.1 Å². The molecule has 2 atom stereocenters. The number of carbonyl (C=O) groups is 1. The summed E-state index contributed by atoms with van der Waals surface area (Å²) in [4.78, 5) is 13.8. The van der Waals surface area contributed by atoms with E-state index in [2.05, 4.69) is 18.4 Å². The number of methoxy groups -OCH3 is 1. The maximum absolute atomic E-state index is 11.9. The van der Waals surface area contributed by atoms with Gasteiger partial charge < -0.3 is 24.4 Å². The van der Waals surface area contributed by atoms with Crippen molar-refractivity contribution < 1.29 is 23.9 Å². The first-order valence-electron chi connectivity index (χ1n) is 9.08. The van der Waals surface area contributed by atoms with Gasteiger partial charge in [0.05, 0.1) is 36.7 Å². The van der Waals surface area contributed by atoms with Crippen LogP contribution >= 0.6 is 11.3 Å². The molecule has 2 N–H and O–H groups in total. The van der Waals surface area contributed by atoms with E-state index in [0.717, 1.165) is 29.7 Å². The second-order valence-corrected chi connectivity index (χ2v) is 8.09. The first-order valence-corrected chi connectivity index (χ1v) is 9.90. The average Bonchev–Trinajstić information content (AvgIpc) is 3.26. The number of quaternary nitrogens is 1. The largest absolute Gasteiger partial charge is 0.492 e. The second-order valence-electron chi connectivity index (χ2n) is 7.07. The maximum Gasteiger partial charge on any atom is 0.231 e. The van der Waals surface area contributed by atoms with Gasteiger partial charge in [-0.05, 0) is 31.0 Å². The summed E-state index contributed by atoms with van der Waals surface area (Å²) < 4.78 is 16.9. The number of nitriles is 1. The fourth-order valence-electron chi connectivity index (χ4n) is 3.94. The van der Waals surface area contributed by atoms with Gasteiger partial charge in [-0.15, -0.1) is 11.3 Å². The van der Waals surface area contributed by atoms with Crippen LogP contribution in [-0.2, 0) is 6.42 Å². The molecule has 2 aliphatic rings. The van der Waals surface area contributed by atoms with Crippen LogP contribution in [0, 0.1) is 18.3 Å². The number of ether oxygens (including phenoxy) is 3. The summed E-state index contributed by atoms with van der Waals surface area (Å²) in [5.41, 5.74) is 3.40. The van der Waals surface area contributed by atoms with Gasteiger partial charge in [0.25, 0.3) is 0 Å². The van der Waals surface area contributed by atoms with E-state index in [1.54, 1.807) is 7.11 Å². The summed E-state index contributed by atoms with van der Waals surface area (Å²) in [5, 5.41) is 13.9. The summed E-state index contributed by atoms with van der Waals surface area (Å²) in [6.45, 7) is 4.45. The normalized spacial score (nSPS) is 19.7. The highest BCUT2D eigenvalue weighted by molar-refractivity contribution is 7.18. The van der Waals surface area contributed by atoms with Crippen LogP contribution in [0.2, 0.25) is 0 Å². The van der Waals surface area contributed by atoms with Gasteiger partial charge >= 0.3 is 0 Å². The van der Waals surface area contributed by atoms with Gasteiger partial charge in [0.1, 0.15) is 11.1 Å². The molecule has 2 aromatic rings. The van der Waals surface area contributed by atoms with Crippen LogP contribution in [0.4, 0.5) is 5.00 Å². The molecular weight excluding hydrogens is 378 g/mol. The van der Waals surface area contributed by atoms with Crippen molar-refractivity contribution in [3.8, 4) is 23.3 Å². The van der Waals surface area contributed by atoms with Crippen molar-refractivity contribution in [3.63, 3.8) is 0 Å². The number of ketones is 1. The molecule has 0 fully saturated rings. The number of hydrogen-bond donors (Lipinski definition) is 2. The number of nitrogens with zero attached hydrogens (tertiary/aromatic N) is 1. The number of rotatable bonds is 4. The van der Waals surface area contributed by atoms with E-state index in [0.29, 0.717) is 32.7 Å². The standard InChI is InChI=1S/C20H21N3O4S/c1-10-13(8-21)20(28-18(10)11(2)24)22-19-15-12(5-6-23(19)3)7-14-16(17(15)25-4)27-9-26-14/h7,19,22H,5-6,9H2,1-4H3/p+1/t19-/m0/s1. The van der Waals surface area contributed by atoms with Gasteiger partial charge in [-0.2, -0.15) is 5.26 Å². The van der Waals surface area contributed by atoms with E-state index >= 15 is 0 Å². The number of hydrogen-bond acceptors (Lipinski definition) is 7. The summed E-state index contributed by atoms with van der Waals surface area (Å²) in [6, 6.07) is 4.27. The van der Waals surface area contributed by atoms with Crippen LogP contribution in [0.15, 0.2) is 6.07 Å². The number of anilines is 1. The number of thiophene rings is 1. The van der Waals surface area contributed by atoms with Crippen molar-refractivity contribution in [3.05, 3.63) is 33.2 Å². The monoisotopic (exact) mass is 400 g/mol. The molecule has 7 nitrogen and oxygen atoms in total. The molecule has 1 unspecified atom stereocenters. The predicted molar refractivity (Wildman–Crippen MR) is 105 cm³/mol. The Morgan fingerprint density at radius 1 is 1.46 bits per heavy atom. The molecule has 0 spiro atoms. The fraction of sp³-hybridized carbons (Fsp3) is 0.400. The molecule has 0 radical (unpaired) electrons. The molecule has 28 heavy (non-hydrogen) atoms. The SMILES string of the molecule is COc1c2c(cc3c1[C@@H](Nc1sc(C(C)=O)c(C)c1C#N)[NH+](C)CC3)OCO2. The molecule has 3 heterocycles. The first-order chi connectivity index (χ1) is 13.5. The van der Waals surface area contributed by atoms with Gasteiger partial charge in [-0.25, -0.2) is 0 Å². The van der Waals surface area contributed by atoms with E-state index < -0.39 is 0 Å². The Hall–Kier alpha value is -2.76. The van der Waals surface area contributed by atoms with Gasteiger partial charge in [-0.1, -0.05) is 0 Å². The van der Waals surface area contributed by atoms with E-state index in [9.17, 15) is 10.1 Å². The molecule has 0 saturated heterocycles. The van der Waals surface area contributed by atoms with Crippen molar-refractivity contribution in [2.24, 2.45) is 0 Å². The number of likely N-dealkylation sites (N-methyl/N-ethyl adjacent to an activating group) is 1. The third kappa shape index (κ3) is 2.79. The Labute approximate surface area is 167 Å². The number of nitrogens with one attached hydrogen (secondary N) is 2. The van der Waals surface area contributed by atoms with Crippen LogP contribution in [0.5, 0.6) is 17.2 Å². The second kappa shape index (κ2) is 7.00. The molecule has 2 aliphatic heterocycles. The maximum atomic E-state index is 11.9. The molecule has 0 aliphatic carbocycles. The zero-order valence-electron chi connectivity index (χ0n) is 16.3. The average molecular weight is 400 g/mol. The van der Waals surface area contributed by atoms with Gasteiger partial charge in [0.2, 0.25) is 12.5 Å². The minimum absolute atomic E-state index is 0.0299. The fourth-order valence-corrected chi connectivity index (χ4v) is 5.02. The number of fused-ring (bicyclic) bond motifs is 2. The number of benzene rings is 1. The zero-order valence-corrected chi connectivity index (χ0v) is 17.1. The first kappa shape index (κ1) is 18.6. The lowest BCUT2D eigenvalue weighted by atomic mass is 9.95. The van der Waals surface area contributed by atoms with E-state index in [1.807, 2.05) is 13.0 Å². The van der Waals surface area contributed by atoms with Crippen molar-refractivity contribution in [1.82, 2.24) is 0 Å². The molecule has 146 valence electrons. The van der Waals surface area contributed by atoms with Crippen molar-refractivity contribution in [1.29, 1.82) is 5.26 Å². The molecule has 0 saturated carbocycles. The van der Waals surface area contributed by atoms with Crippen LogP contribution < -0.4 is 24.4 Å². The lowest BCUT2D eigenvalue weighted by Gasteiger charge is -2.33. The van der Waals surface area contributed by atoms with Crippen LogP contribution in [-0.4, -0.2) is 33.3 Å². The molecule has 0 bridgehead atoms. The Morgan fingerprint density at radius 3 is 2.93 bits per heavy atom. The summed E-state index contributed by atoms with van der Waals surface area (Å²) in [5.74, 6) is 1.96. The minimum atomic E-state index is -0.141. The highest BCUT2D eigenvalue weighted by Gasteiger charge is 2.37. The molecule has 8 heteroatoms. The minimum Gasteiger partial charge on any atom is -0.492 e. The third-order valence-corrected chi connectivity index (χ3v) is 6.70. The zero-order chi connectivity index (χ0) is 20.0. The Balaban J connectivity index is 1.82. The molecular formula is C20H22N3O4S+. The highest BCUT2D eigenvalue weighted by Crippen LogP contribution is 2.48. The molecule has 1 aromatic carbocycles. The summed E-state index contributed by atoms with van der Waals surface area (Å²) in [6.07, 6.45) is 0.748. The molecule has 4 rings (SSSR count). The lowest BCUT2D eigenvalue weighted by Crippen LogP contribution is -3.11. The van der Waals surface area contributed by atoms with Crippen LogP contribution in [0.1, 0.15) is 45.0 Å². The van der Waals surface area contributed by atoms with Crippen molar-refractivity contribution in [2.75, 3.05) is 32.8 Å². The quantitative estimate of drug-likeness (QED) is 0.764. The van der Waals surface area contributed by atoms with Gasteiger partial charge in [0, 0.05) is 6.42 Å². The van der Waals surface area contributed by atoms with Gasteiger partial charge in [0.15, 0.2) is 23.4 Å². The van der Waals surface area contributed by atoms with E-state index in [4.69, 9.17) is 14.2 Å². The summed E-state index contributed by atoms with van der Waals surface area (Å²) in [7, 11) is 3.73. The summed E-state index contributed by atoms with van der Waals surface area (Å²) >= 11 is 1.33. The Kier molecular flexibility index (Phi) is 4.65. The smallest absolute Gasteiger partial charge is 0.231 e. The van der Waals surface area contributed by atoms with E-state index in [1.165, 1.54) is 23.2 Å². The Morgan fingerprint density at radius 2 is 2.25 bits per heavy atom.